The number of aromatic nitrogens is 3. The molecule has 6 nitrogen and oxygen atoms in total. The first-order valence-corrected chi connectivity index (χ1v) is 7.21. The Morgan fingerprint density at radius 3 is 3.11 bits per heavy atom. The summed E-state index contributed by atoms with van der Waals surface area (Å²) in [5.41, 5.74) is 1.90. The zero-order valence-corrected chi connectivity index (χ0v) is 11.2. The minimum atomic E-state index is -0.835. The van der Waals surface area contributed by atoms with Gasteiger partial charge in [-0.15, -0.1) is 11.8 Å². The minimum Gasteiger partial charge on any atom is -0.480 e. The molecular formula is C10H11N3O3S2. The Kier molecular flexibility index (Phi) is 3.97. The van der Waals surface area contributed by atoms with E-state index in [0.29, 0.717) is 22.8 Å². The number of hydrogen-bond acceptors (Lipinski definition) is 6. The van der Waals surface area contributed by atoms with Crippen LogP contribution in [0.2, 0.25) is 0 Å². The summed E-state index contributed by atoms with van der Waals surface area (Å²) in [6.45, 7) is 1.82. The first-order valence-electron chi connectivity index (χ1n) is 5.28. The maximum atomic E-state index is 11.7. The number of carbonyl (C=O) groups is 1. The molecule has 0 aliphatic carbocycles. The molecule has 0 aromatic carbocycles. The lowest BCUT2D eigenvalue weighted by Gasteiger charge is -2.08. The number of thioether (sulfide) groups is 1. The van der Waals surface area contributed by atoms with Crippen molar-refractivity contribution in [3.8, 4) is 0 Å². The van der Waals surface area contributed by atoms with E-state index in [4.69, 9.17) is 5.11 Å². The molecule has 8 heteroatoms. The van der Waals surface area contributed by atoms with Gasteiger partial charge in [0, 0.05) is 11.8 Å². The molecule has 0 aliphatic rings. The number of aliphatic carboxylic acids is 1. The fourth-order valence-electron chi connectivity index (χ4n) is 1.42. The fourth-order valence-corrected chi connectivity index (χ4v) is 2.97. The molecule has 0 spiro atoms. The minimum absolute atomic E-state index is 0.236. The van der Waals surface area contributed by atoms with Gasteiger partial charge in [0.2, 0.25) is 4.96 Å². The molecule has 0 aliphatic heterocycles. The number of nitrogens with zero attached hydrogens (tertiary/aromatic N) is 3. The van der Waals surface area contributed by atoms with Crippen LogP contribution >= 0.6 is 23.1 Å². The zero-order valence-electron chi connectivity index (χ0n) is 9.57. The summed E-state index contributed by atoms with van der Waals surface area (Å²) in [4.78, 5) is 27.3. The van der Waals surface area contributed by atoms with Gasteiger partial charge in [-0.3, -0.25) is 9.59 Å². The van der Waals surface area contributed by atoms with Crippen LogP contribution in [-0.4, -0.2) is 30.9 Å². The van der Waals surface area contributed by atoms with Gasteiger partial charge >= 0.3 is 5.97 Å². The van der Waals surface area contributed by atoms with Gasteiger partial charge in [0.15, 0.2) is 0 Å². The molecule has 2 aromatic heterocycles. The normalized spacial score (nSPS) is 12.7. The average Bonchev–Trinajstić information content (AvgIpc) is 2.78. The van der Waals surface area contributed by atoms with Crippen LogP contribution in [0.25, 0.3) is 4.96 Å². The van der Waals surface area contributed by atoms with Gasteiger partial charge < -0.3 is 5.11 Å². The van der Waals surface area contributed by atoms with E-state index in [1.165, 1.54) is 33.7 Å². The molecule has 96 valence electrons. The van der Waals surface area contributed by atoms with Gasteiger partial charge in [-0.25, -0.2) is 4.98 Å². The van der Waals surface area contributed by atoms with Crippen LogP contribution in [0.4, 0.5) is 0 Å². The number of rotatable bonds is 5. The topological polar surface area (TPSA) is 84.6 Å². The van der Waals surface area contributed by atoms with Crippen LogP contribution in [0.3, 0.4) is 0 Å². The second-order valence-corrected chi connectivity index (χ2v) is 5.57. The van der Waals surface area contributed by atoms with Crippen molar-refractivity contribution in [2.24, 2.45) is 0 Å². The molecule has 2 rings (SSSR count). The summed E-state index contributed by atoms with van der Waals surface area (Å²) in [7, 11) is 0. The van der Waals surface area contributed by atoms with Gasteiger partial charge in [0.25, 0.3) is 5.56 Å². The average molecular weight is 285 g/mol. The molecule has 0 saturated heterocycles. The summed E-state index contributed by atoms with van der Waals surface area (Å²) in [6.07, 6.45) is 0.543. The van der Waals surface area contributed by atoms with Gasteiger partial charge in [0.1, 0.15) is 10.8 Å². The summed E-state index contributed by atoms with van der Waals surface area (Å²) < 4.78 is 1.23. The summed E-state index contributed by atoms with van der Waals surface area (Å²) in [5, 5.41) is 12.3. The number of carboxylic acid groups (broad SMARTS) is 1. The first kappa shape index (κ1) is 13.0. The lowest BCUT2D eigenvalue weighted by atomic mass is 10.3. The number of fused-ring (bicyclic) bond motifs is 1. The monoisotopic (exact) mass is 285 g/mol. The van der Waals surface area contributed by atoms with Crippen LogP contribution in [-0.2, 0) is 10.5 Å². The van der Waals surface area contributed by atoms with Crippen molar-refractivity contribution in [2.45, 2.75) is 24.3 Å². The summed E-state index contributed by atoms with van der Waals surface area (Å²) in [6, 6.07) is 1.40. The molecule has 2 aromatic rings. The van der Waals surface area contributed by atoms with E-state index in [-0.39, 0.29) is 5.56 Å². The molecule has 0 fully saturated rings. The van der Waals surface area contributed by atoms with E-state index < -0.39 is 11.2 Å². The van der Waals surface area contributed by atoms with E-state index in [9.17, 15) is 9.59 Å². The quantitative estimate of drug-likeness (QED) is 0.890. The van der Waals surface area contributed by atoms with Crippen LogP contribution in [0.5, 0.6) is 0 Å². The molecule has 1 N–H and O–H groups in total. The van der Waals surface area contributed by atoms with Crippen molar-refractivity contribution in [3.05, 3.63) is 27.6 Å². The molecule has 0 radical (unpaired) electrons. The Bertz CT molecular complexity index is 622. The maximum absolute atomic E-state index is 11.7. The van der Waals surface area contributed by atoms with Crippen molar-refractivity contribution < 1.29 is 9.90 Å². The van der Waals surface area contributed by atoms with Crippen molar-refractivity contribution in [2.75, 3.05) is 0 Å². The van der Waals surface area contributed by atoms with Crippen LogP contribution < -0.4 is 5.56 Å². The summed E-state index contributed by atoms with van der Waals surface area (Å²) in [5.74, 6) is -0.424. The Labute approximate surface area is 111 Å². The highest BCUT2D eigenvalue weighted by atomic mass is 32.2. The Balaban J connectivity index is 2.17. The van der Waals surface area contributed by atoms with Crippen LogP contribution in [0, 0.1) is 0 Å². The maximum Gasteiger partial charge on any atom is 0.316 e. The Hall–Kier alpha value is -1.41. The SMILES string of the molecule is CCC(SCc1cc(=O)n2ncsc2n1)C(=O)O. The van der Waals surface area contributed by atoms with Crippen LogP contribution in [0.15, 0.2) is 16.4 Å². The molecule has 2 heterocycles. The molecule has 18 heavy (non-hydrogen) atoms. The predicted molar refractivity (Wildman–Crippen MR) is 70.1 cm³/mol. The van der Waals surface area contributed by atoms with E-state index >= 15 is 0 Å². The fraction of sp³-hybridized carbons (Fsp3) is 0.400. The van der Waals surface area contributed by atoms with E-state index in [0.717, 1.165) is 0 Å². The highest BCUT2D eigenvalue weighted by molar-refractivity contribution is 7.99. The van der Waals surface area contributed by atoms with Gasteiger partial charge in [0.05, 0.1) is 5.69 Å². The molecule has 0 bridgehead atoms. The molecule has 0 saturated carbocycles. The molecule has 1 unspecified atom stereocenters. The van der Waals surface area contributed by atoms with E-state index in [1.54, 1.807) is 5.51 Å². The van der Waals surface area contributed by atoms with E-state index in [2.05, 4.69) is 10.1 Å². The third-order valence-electron chi connectivity index (χ3n) is 2.32. The van der Waals surface area contributed by atoms with Crippen molar-refractivity contribution in [1.82, 2.24) is 14.6 Å². The first-order chi connectivity index (χ1) is 8.61. The van der Waals surface area contributed by atoms with Gasteiger partial charge in [-0.1, -0.05) is 18.3 Å². The predicted octanol–water partition coefficient (Wildman–Crippen LogP) is 1.25. The smallest absolute Gasteiger partial charge is 0.316 e. The summed E-state index contributed by atoms with van der Waals surface area (Å²) >= 11 is 2.55. The number of hydrogen-bond donors (Lipinski definition) is 1. The highest BCUT2D eigenvalue weighted by Gasteiger charge is 2.16. The molecule has 0 amide bonds. The van der Waals surface area contributed by atoms with Crippen LogP contribution in [0.1, 0.15) is 19.0 Å². The van der Waals surface area contributed by atoms with Crippen molar-refractivity contribution in [1.29, 1.82) is 0 Å². The molecular weight excluding hydrogens is 274 g/mol. The number of carboxylic acids is 1. The van der Waals surface area contributed by atoms with Crippen molar-refractivity contribution >= 4 is 34.0 Å². The standard InChI is InChI=1S/C10H11N3O3S2/c1-2-7(9(15)16)17-4-6-3-8(14)13-10(12-6)18-5-11-13/h3,5,7H,2,4H2,1H3,(H,15,16). The largest absolute Gasteiger partial charge is 0.480 e. The highest BCUT2D eigenvalue weighted by Crippen LogP contribution is 2.19. The Morgan fingerprint density at radius 2 is 2.44 bits per heavy atom. The lowest BCUT2D eigenvalue weighted by Crippen LogP contribution is -2.17. The zero-order chi connectivity index (χ0) is 13.1. The second-order valence-electron chi connectivity index (χ2n) is 3.56. The van der Waals surface area contributed by atoms with Crippen molar-refractivity contribution in [3.63, 3.8) is 0 Å². The van der Waals surface area contributed by atoms with Gasteiger partial charge in [-0.2, -0.15) is 9.61 Å². The molecule has 1 atom stereocenters. The second kappa shape index (κ2) is 5.49. The van der Waals surface area contributed by atoms with Gasteiger partial charge in [-0.05, 0) is 6.42 Å². The lowest BCUT2D eigenvalue weighted by molar-refractivity contribution is -0.136. The Morgan fingerprint density at radius 1 is 1.67 bits per heavy atom. The van der Waals surface area contributed by atoms with E-state index in [1.807, 2.05) is 6.92 Å². The third-order valence-corrected chi connectivity index (χ3v) is 4.39. The third kappa shape index (κ3) is 2.70.